The summed E-state index contributed by atoms with van der Waals surface area (Å²) in [4.78, 5) is 18.7. The first kappa shape index (κ1) is 63.2. The van der Waals surface area contributed by atoms with E-state index < -0.39 is 25.1 Å². The Hall–Kier alpha value is -7.34. The minimum Gasteiger partial charge on any atom is -0.449 e. The molecular formula is C71H76FN5O6S3. The summed E-state index contributed by atoms with van der Waals surface area (Å²) in [7, 11) is -3.88. The number of halogens is 1. The summed E-state index contributed by atoms with van der Waals surface area (Å²) < 4.78 is 57.2. The average molecular weight is 1210 g/mol. The Morgan fingerprint density at radius 3 is 1.42 bits per heavy atom. The lowest BCUT2D eigenvalue weighted by atomic mass is 9.84. The quantitative estimate of drug-likeness (QED) is 0.0343. The molecule has 9 aromatic rings. The highest BCUT2D eigenvalue weighted by Crippen LogP contribution is 2.50. The lowest BCUT2D eigenvalue weighted by Crippen LogP contribution is -2.50. The van der Waals surface area contributed by atoms with Crippen LogP contribution in [0.4, 0.5) is 9.18 Å². The molecule has 1 aromatic heterocycles. The molecular weight excluding hydrogens is 1130 g/mol. The Morgan fingerprint density at radius 2 is 0.977 bits per heavy atom. The molecule has 0 radical (unpaired) electrons. The number of hydrogen-bond donors (Lipinski definition) is 1. The van der Waals surface area contributed by atoms with Crippen molar-refractivity contribution in [3.63, 3.8) is 0 Å². The smallest absolute Gasteiger partial charge is 0.410 e. The van der Waals surface area contributed by atoms with E-state index in [1.165, 1.54) is 41.0 Å². The van der Waals surface area contributed by atoms with Crippen LogP contribution in [0.25, 0.3) is 16.9 Å². The molecule has 0 bridgehead atoms. The molecule has 0 aliphatic heterocycles. The molecule has 11 nitrogen and oxygen atoms in total. The van der Waals surface area contributed by atoms with Gasteiger partial charge in [0.2, 0.25) is 10.0 Å². The Bertz CT molecular complexity index is 3410. The van der Waals surface area contributed by atoms with Gasteiger partial charge in [-0.25, -0.2) is 27.4 Å². The molecule has 0 unspecified atom stereocenters. The standard InChI is InChI=1S/C71H76FN5O6S3/c1-69(2,3)76(68(78)83-51-53-85-71(60-30-16-7-17-31-60,61-32-18-8-19-33-61)62-34-20-9-21-35-62)45-44-75(47-52-84-70(57-24-10-4-11-25-57,58-26-12-5-13-27-58)59-28-14-6-15-29-59)46-50-81-48-22-23-49-82-55-64-54-67(56-36-38-63(72)39-37-56)77(74-64)65-40-42-66(43-41-65)86(73,79)80/h4-21,24-43,54H,22-23,44-53,55H2,1-3H3,(H2,73,79,80). The second-order valence-corrected chi connectivity index (χ2v) is 26.1. The SMILES string of the molecule is CC(C)(C)N(CCN(CCOCCCCOCc1cc(-c2ccc(F)cc2)n(-c2ccc(S(N)(=O)=O)cc2)n1)CCSC(c1ccccc1)(c1ccccc1)c1ccccc1)C(=O)OCCSC(c1ccccc1)(c1ccccc1)c1ccccc1. The van der Waals surface area contributed by atoms with Gasteiger partial charge in [-0.05, 0) is 122 Å². The van der Waals surface area contributed by atoms with Gasteiger partial charge in [0.05, 0.1) is 44.7 Å². The maximum atomic E-state index is 14.4. The monoisotopic (exact) mass is 1210 g/mol. The number of sulfonamides is 1. The number of nitrogens with zero attached hydrogens (tertiary/aromatic N) is 4. The maximum Gasteiger partial charge on any atom is 0.410 e. The van der Waals surface area contributed by atoms with E-state index in [-0.39, 0.29) is 30.0 Å². The summed E-state index contributed by atoms with van der Waals surface area (Å²) in [5, 5.41) is 10.1. The number of primary sulfonamides is 1. The molecule has 86 heavy (non-hydrogen) atoms. The first-order valence-corrected chi connectivity index (χ1v) is 32.7. The number of carbonyl (C=O) groups is 1. The van der Waals surface area contributed by atoms with Crippen LogP contribution in [0.5, 0.6) is 0 Å². The first-order valence-electron chi connectivity index (χ1n) is 29.2. The number of ether oxygens (including phenoxy) is 3. The number of aromatic nitrogens is 2. The Morgan fingerprint density at radius 1 is 0.535 bits per heavy atom. The molecule has 0 atom stereocenters. The molecule has 0 aliphatic rings. The zero-order valence-electron chi connectivity index (χ0n) is 49.1. The molecule has 8 aromatic carbocycles. The largest absolute Gasteiger partial charge is 0.449 e. The van der Waals surface area contributed by atoms with Gasteiger partial charge in [0.1, 0.15) is 12.4 Å². The van der Waals surface area contributed by atoms with Crippen LogP contribution >= 0.6 is 23.5 Å². The molecule has 0 saturated heterocycles. The number of thioether (sulfide) groups is 2. The predicted molar refractivity (Wildman–Crippen MR) is 348 cm³/mol. The third kappa shape index (κ3) is 16.2. The predicted octanol–water partition coefficient (Wildman–Crippen LogP) is 14.6. The molecule has 446 valence electrons. The van der Waals surface area contributed by atoms with Crippen molar-refractivity contribution >= 4 is 39.6 Å². The first-order chi connectivity index (χ1) is 41.8. The van der Waals surface area contributed by atoms with Crippen LogP contribution in [-0.4, -0.2) is 104 Å². The van der Waals surface area contributed by atoms with Gasteiger partial charge >= 0.3 is 6.09 Å². The van der Waals surface area contributed by atoms with Gasteiger partial charge in [0.25, 0.3) is 0 Å². The highest BCUT2D eigenvalue weighted by molar-refractivity contribution is 8.00. The molecule has 0 fully saturated rings. The molecule has 15 heteroatoms. The van der Waals surface area contributed by atoms with E-state index >= 15 is 0 Å². The number of nitrogens with two attached hydrogens (primary N) is 1. The van der Waals surface area contributed by atoms with Crippen LogP contribution in [-0.2, 0) is 40.3 Å². The third-order valence-electron chi connectivity index (χ3n) is 15.0. The van der Waals surface area contributed by atoms with Crippen LogP contribution in [0.15, 0.2) is 241 Å². The van der Waals surface area contributed by atoms with Crippen molar-refractivity contribution in [2.45, 2.75) is 60.1 Å². The highest BCUT2D eigenvalue weighted by Gasteiger charge is 2.39. The summed E-state index contributed by atoms with van der Waals surface area (Å²) in [5.74, 6) is 0.993. The molecule has 0 aliphatic carbocycles. The lowest BCUT2D eigenvalue weighted by molar-refractivity contribution is 0.0588. The topological polar surface area (TPSA) is 129 Å². The third-order valence-corrected chi connectivity index (χ3v) is 19.0. The van der Waals surface area contributed by atoms with Crippen molar-refractivity contribution in [2.24, 2.45) is 5.14 Å². The van der Waals surface area contributed by atoms with Crippen LogP contribution < -0.4 is 5.14 Å². The van der Waals surface area contributed by atoms with Crippen LogP contribution in [0.2, 0.25) is 0 Å². The molecule has 0 saturated carbocycles. The number of amides is 1. The number of carbonyl (C=O) groups excluding carboxylic acids is 1. The molecule has 1 heterocycles. The van der Waals surface area contributed by atoms with E-state index in [0.717, 1.165) is 47.4 Å². The number of unbranched alkanes of at least 4 members (excludes halogenated alkanes) is 1. The van der Waals surface area contributed by atoms with Crippen LogP contribution in [0.3, 0.4) is 0 Å². The van der Waals surface area contributed by atoms with Crippen molar-refractivity contribution < 1.29 is 31.8 Å². The number of rotatable bonds is 30. The maximum absolute atomic E-state index is 14.4. The molecule has 2 N–H and O–H groups in total. The van der Waals surface area contributed by atoms with Gasteiger partial charge < -0.3 is 19.1 Å². The second kappa shape index (κ2) is 30.3. The minimum absolute atomic E-state index is 0.0114. The van der Waals surface area contributed by atoms with E-state index in [9.17, 15) is 17.6 Å². The van der Waals surface area contributed by atoms with E-state index in [0.29, 0.717) is 62.3 Å². The van der Waals surface area contributed by atoms with Gasteiger partial charge in [-0.1, -0.05) is 182 Å². The Balaban J connectivity index is 0.848. The zero-order chi connectivity index (χ0) is 60.2. The highest BCUT2D eigenvalue weighted by atomic mass is 32.2. The van der Waals surface area contributed by atoms with Crippen molar-refractivity contribution in [2.75, 3.05) is 64.1 Å². The van der Waals surface area contributed by atoms with Gasteiger partial charge in [0, 0.05) is 62.0 Å². The van der Waals surface area contributed by atoms with Crippen molar-refractivity contribution in [3.8, 4) is 16.9 Å². The summed E-state index contributed by atoms with van der Waals surface area (Å²) in [6, 6.07) is 78.1. The fraction of sp³-hybridized carbons (Fsp3) is 0.268. The molecule has 1 amide bonds. The van der Waals surface area contributed by atoms with Crippen LogP contribution in [0, 0.1) is 5.82 Å². The molecule has 0 spiro atoms. The van der Waals surface area contributed by atoms with Crippen LogP contribution in [0.1, 0.15) is 72.7 Å². The summed E-state index contributed by atoms with van der Waals surface area (Å²) in [5.41, 5.74) is 9.26. The van der Waals surface area contributed by atoms with E-state index in [1.807, 2.05) is 40.9 Å². The minimum atomic E-state index is -3.88. The number of benzene rings is 8. The summed E-state index contributed by atoms with van der Waals surface area (Å²) in [6.45, 7) is 10.6. The Kier molecular flexibility index (Phi) is 22.3. The average Bonchev–Trinajstić information content (AvgIpc) is 1.23. The van der Waals surface area contributed by atoms with Gasteiger partial charge in [-0.3, -0.25) is 4.90 Å². The summed E-state index contributed by atoms with van der Waals surface area (Å²) in [6.07, 6.45) is 1.19. The van der Waals surface area contributed by atoms with Gasteiger partial charge in [-0.2, -0.15) is 5.10 Å². The van der Waals surface area contributed by atoms with Gasteiger partial charge in [-0.15, -0.1) is 23.5 Å². The fourth-order valence-corrected chi connectivity index (χ4v) is 14.2. The second-order valence-electron chi connectivity index (χ2n) is 21.9. The van der Waals surface area contributed by atoms with Crippen molar-refractivity contribution in [1.29, 1.82) is 0 Å². The van der Waals surface area contributed by atoms with E-state index in [4.69, 9.17) is 24.4 Å². The normalized spacial score (nSPS) is 12.1. The fourth-order valence-electron chi connectivity index (χ4n) is 10.7. The van der Waals surface area contributed by atoms with Gasteiger partial charge in [0.15, 0.2) is 0 Å². The van der Waals surface area contributed by atoms with Crippen molar-refractivity contribution in [3.05, 3.63) is 281 Å². The lowest BCUT2D eigenvalue weighted by Gasteiger charge is -2.38. The van der Waals surface area contributed by atoms with E-state index in [2.05, 4.69) is 189 Å². The number of hydrogen-bond acceptors (Lipinski definition) is 10. The zero-order valence-corrected chi connectivity index (χ0v) is 51.6. The van der Waals surface area contributed by atoms with Crippen molar-refractivity contribution in [1.82, 2.24) is 19.6 Å². The summed E-state index contributed by atoms with van der Waals surface area (Å²) >= 11 is 3.70. The Labute approximate surface area is 515 Å². The van der Waals surface area contributed by atoms with E-state index in [1.54, 1.807) is 40.7 Å². The molecule has 9 rings (SSSR count).